The van der Waals surface area contributed by atoms with Crippen LogP contribution in [0, 0.1) is 6.92 Å². The lowest BCUT2D eigenvalue weighted by Crippen LogP contribution is -2.36. The van der Waals surface area contributed by atoms with Gasteiger partial charge in [-0.1, -0.05) is 12.8 Å². The van der Waals surface area contributed by atoms with Crippen LogP contribution in [0.1, 0.15) is 31.2 Å². The van der Waals surface area contributed by atoms with Crippen LogP contribution in [0.25, 0.3) is 5.65 Å². The van der Waals surface area contributed by atoms with E-state index >= 15 is 0 Å². The Labute approximate surface area is 106 Å². The summed E-state index contributed by atoms with van der Waals surface area (Å²) in [6.45, 7) is 2.04. The Morgan fingerprint density at radius 2 is 2.17 bits per heavy atom. The molecule has 5 heteroatoms. The monoisotopic (exact) mass is 246 g/mol. The van der Waals surface area contributed by atoms with Crippen LogP contribution in [0.2, 0.25) is 0 Å². The fourth-order valence-corrected chi connectivity index (χ4v) is 2.63. The van der Waals surface area contributed by atoms with Gasteiger partial charge in [-0.2, -0.15) is 9.61 Å². The summed E-state index contributed by atoms with van der Waals surface area (Å²) in [6, 6.07) is 4.16. The molecule has 1 aliphatic rings. The van der Waals surface area contributed by atoms with Crippen LogP contribution >= 0.6 is 0 Å². The zero-order valence-corrected chi connectivity index (χ0v) is 10.5. The molecule has 0 spiro atoms. The van der Waals surface area contributed by atoms with Crippen LogP contribution < -0.4 is 5.32 Å². The van der Waals surface area contributed by atoms with Gasteiger partial charge in [0, 0.05) is 0 Å². The van der Waals surface area contributed by atoms with E-state index in [-0.39, 0.29) is 12.1 Å². The van der Waals surface area contributed by atoms with Crippen molar-refractivity contribution in [2.45, 2.75) is 44.8 Å². The van der Waals surface area contributed by atoms with Crippen LogP contribution in [-0.2, 0) is 0 Å². The average Bonchev–Trinajstić information content (AvgIpc) is 2.80. The van der Waals surface area contributed by atoms with Crippen molar-refractivity contribution in [3.05, 3.63) is 24.0 Å². The lowest BCUT2D eigenvalue weighted by atomic mass is 9.92. The summed E-state index contributed by atoms with van der Waals surface area (Å²) in [4.78, 5) is 4.20. The number of nitrogens with one attached hydrogen (secondary N) is 1. The number of hydrogen-bond acceptors (Lipinski definition) is 4. The van der Waals surface area contributed by atoms with E-state index in [1.165, 1.54) is 6.42 Å². The van der Waals surface area contributed by atoms with Crippen LogP contribution in [0.4, 0.5) is 5.82 Å². The van der Waals surface area contributed by atoms with Crippen molar-refractivity contribution < 1.29 is 5.11 Å². The third kappa shape index (κ3) is 2.06. The first-order chi connectivity index (χ1) is 8.74. The largest absolute Gasteiger partial charge is 0.391 e. The first-order valence-corrected chi connectivity index (χ1v) is 6.49. The minimum absolute atomic E-state index is 0.118. The van der Waals surface area contributed by atoms with Crippen molar-refractivity contribution in [3.8, 4) is 0 Å². The summed E-state index contributed by atoms with van der Waals surface area (Å²) < 4.78 is 1.79. The number of fused-ring (bicyclic) bond motifs is 1. The number of aliphatic hydroxyl groups is 1. The molecule has 0 aliphatic heterocycles. The summed E-state index contributed by atoms with van der Waals surface area (Å²) >= 11 is 0. The third-order valence-corrected chi connectivity index (χ3v) is 3.59. The average molecular weight is 246 g/mol. The number of aromatic nitrogens is 3. The number of pyridine rings is 1. The smallest absolute Gasteiger partial charge is 0.157 e. The van der Waals surface area contributed by atoms with Crippen LogP contribution in [0.3, 0.4) is 0 Å². The van der Waals surface area contributed by atoms with Crippen molar-refractivity contribution in [3.63, 3.8) is 0 Å². The molecule has 2 heterocycles. The molecule has 18 heavy (non-hydrogen) atoms. The summed E-state index contributed by atoms with van der Waals surface area (Å²) in [5, 5.41) is 17.6. The Balaban J connectivity index is 1.91. The highest BCUT2D eigenvalue weighted by atomic mass is 16.3. The maximum atomic E-state index is 10.0. The normalized spacial score (nSPS) is 24.3. The van der Waals surface area contributed by atoms with E-state index in [2.05, 4.69) is 15.4 Å². The molecule has 0 amide bonds. The van der Waals surface area contributed by atoms with Gasteiger partial charge < -0.3 is 10.4 Å². The summed E-state index contributed by atoms with van der Waals surface area (Å²) in [7, 11) is 0. The highest BCUT2D eigenvalue weighted by Crippen LogP contribution is 2.23. The molecule has 1 fully saturated rings. The Bertz CT molecular complexity index is 551. The molecule has 0 saturated heterocycles. The van der Waals surface area contributed by atoms with Gasteiger partial charge in [0.2, 0.25) is 0 Å². The third-order valence-electron chi connectivity index (χ3n) is 3.59. The van der Waals surface area contributed by atoms with E-state index < -0.39 is 0 Å². The molecule has 96 valence electrons. The van der Waals surface area contributed by atoms with Gasteiger partial charge in [0.15, 0.2) is 5.65 Å². The molecule has 2 aromatic heterocycles. The van der Waals surface area contributed by atoms with Crippen molar-refractivity contribution >= 4 is 11.5 Å². The van der Waals surface area contributed by atoms with Gasteiger partial charge in [-0.15, -0.1) is 0 Å². The zero-order chi connectivity index (χ0) is 12.5. The molecule has 2 N–H and O–H groups in total. The predicted molar refractivity (Wildman–Crippen MR) is 69.6 cm³/mol. The molecule has 2 unspecified atom stereocenters. The van der Waals surface area contributed by atoms with Crippen LogP contribution in [0.15, 0.2) is 18.5 Å². The molecule has 2 aromatic rings. The van der Waals surface area contributed by atoms with Gasteiger partial charge in [-0.05, 0) is 37.5 Å². The minimum atomic E-state index is -0.266. The molecule has 0 radical (unpaired) electrons. The van der Waals surface area contributed by atoms with E-state index in [4.69, 9.17) is 0 Å². The maximum Gasteiger partial charge on any atom is 0.157 e. The summed E-state index contributed by atoms with van der Waals surface area (Å²) in [5.74, 6) is 0.911. The lowest BCUT2D eigenvalue weighted by Gasteiger charge is -2.29. The van der Waals surface area contributed by atoms with Crippen molar-refractivity contribution in [2.75, 3.05) is 5.32 Å². The second-order valence-electron chi connectivity index (χ2n) is 5.05. The Morgan fingerprint density at radius 3 is 3.00 bits per heavy atom. The predicted octanol–water partition coefficient (Wildman–Crippen LogP) is 1.75. The molecule has 5 nitrogen and oxygen atoms in total. The fraction of sp³-hybridized carbons (Fsp3) is 0.538. The van der Waals surface area contributed by atoms with E-state index in [9.17, 15) is 5.11 Å². The van der Waals surface area contributed by atoms with Crippen molar-refractivity contribution in [2.24, 2.45) is 0 Å². The number of nitrogens with zero attached hydrogens (tertiary/aromatic N) is 3. The van der Waals surface area contributed by atoms with Gasteiger partial charge in [0.25, 0.3) is 0 Å². The number of aryl methyl sites for hydroxylation is 1. The van der Waals surface area contributed by atoms with Crippen molar-refractivity contribution in [1.29, 1.82) is 0 Å². The van der Waals surface area contributed by atoms with E-state index in [0.717, 1.165) is 36.3 Å². The number of hydrogen-bond donors (Lipinski definition) is 2. The Hall–Kier alpha value is -1.62. The molecule has 1 aliphatic carbocycles. The number of anilines is 1. The maximum absolute atomic E-state index is 10.0. The number of aliphatic hydroxyl groups excluding tert-OH is 1. The van der Waals surface area contributed by atoms with E-state index in [0.29, 0.717) is 0 Å². The van der Waals surface area contributed by atoms with Gasteiger partial charge >= 0.3 is 0 Å². The summed E-state index contributed by atoms with van der Waals surface area (Å²) in [5.41, 5.74) is 1.98. The second-order valence-corrected chi connectivity index (χ2v) is 5.05. The quantitative estimate of drug-likeness (QED) is 0.847. The first-order valence-electron chi connectivity index (χ1n) is 6.49. The van der Waals surface area contributed by atoms with Gasteiger partial charge in [-0.25, -0.2) is 4.98 Å². The van der Waals surface area contributed by atoms with Gasteiger partial charge in [-0.3, -0.25) is 0 Å². The second kappa shape index (κ2) is 4.57. The molecule has 0 aromatic carbocycles. The van der Waals surface area contributed by atoms with E-state index in [1.807, 2.05) is 19.1 Å². The zero-order valence-electron chi connectivity index (χ0n) is 10.5. The van der Waals surface area contributed by atoms with Crippen molar-refractivity contribution in [1.82, 2.24) is 14.6 Å². The first kappa shape index (κ1) is 11.5. The molecule has 3 rings (SSSR count). The van der Waals surface area contributed by atoms with Crippen LogP contribution in [-0.4, -0.2) is 31.9 Å². The lowest BCUT2D eigenvalue weighted by molar-refractivity contribution is 0.116. The minimum Gasteiger partial charge on any atom is -0.391 e. The summed E-state index contributed by atoms with van der Waals surface area (Å²) in [6.07, 6.45) is 5.46. The Morgan fingerprint density at radius 1 is 1.33 bits per heavy atom. The van der Waals surface area contributed by atoms with Crippen LogP contribution in [0.5, 0.6) is 0 Å². The van der Waals surface area contributed by atoms with E-state index in [1.54, 1.807) is 10.8 Å². The molecule has 1 saturated carbocycles. The SMILES string of the molecule is Cc1cc(NC2CCCCC2O)n2ncnc2c1. The highest BCUT2D eigenvalue weighted by Gasteiger charge is 2.23. The Kier molecular flexibility index (Phi) is 2.91. The highest BCUT2D eigenvalue weighted by molar-refractivity contribution is 5.51. The molecular weight excluding hydrogens is 228 g/mol. The standard InChI is InChI=1S/C13H18N4O/c1-9-6-12-14-8-15-17(12)13(7-9)16-10-4-2-3-5-11(10)18/h6-8,10-11,16,18H,2-5H2,1H3. The topological polar surface area (TPSA) is 62.5 Å². The molecule has 2 atom stereocenters. The molecular formula is C13H18N4O. The fourth-order valence-electron chi connectivity index (χ4n) is 2.63. The molecule has 0 bridgehead atoms. The number of rotatable bonds is 2. The van der Waals surface area contributed by atoms with Gasteiger partial charge in [0.1, 0.15) is 12.1 Å². The van der Waals surface area contributed by atoms with Gasteiger partial charge in [0.05, 0.1) is 12.1 Å².